The number of aromatic nitrogens is 1. The third kappa shape index (κ3) is 5.89. The number of amides is 1. The molecule has 0 spiro atoms. The maximum Gasteiger partial charge on any atom is 0.312 e. The van der Waals surface area contributed by atoms with E-state index in [1.54, 1.807) is 7.11 Å². The number of esters is 1. The molecule has 150 valence electrons. The minimum atomic E-state index is -0.487. The summed E-state index contributed by atoms with van der Waals surface area (Å²) < 4.78 is 10.2. The van der Waals surface area contributed by atoms with Crippen LogP contribution in [0.1, 0.15) is 24.2 Å². The molecule has 6 nitrogen and oxygen atoms in total. The number of rotatable bonds is 8. The van der Waals surface area contributed by atoms with E-state index in [0.29, 0.717) is 5.69 Å². The smallest absolute Gasteiger partial charge is 0.312 e. The molecule has 7 heteroatoms. The van der Waals surface area contributed by atoms with Crippen LogP contribution in [-0.2, 0) is 20.7 Å². The SMILES string of the molecule is COc1ccc(-c2nc(CC(=O)OCC(=O)N[C@@H](C)c3ccccc3)cs2)cc1. The molecule has 0 unspecified atom stereocenters. The zero-order valence-electron chi connectivity index (χ0n) is 16.3. The summed E-state index contributed by atoms with van der Waals surface area (Å²) >= 11 is 1.45. The van der Waals surface area contributed by atoms with Crippen LogP contribution in [0.2, 0.25) is 0 Å². The van der Waals surface area contributed by atoms with Gasteiger partial charge in [-0.15, -0.1) is 11.3 Å². The molecule has 29 heavy (non-hydrogen) atoms. The van der Waals surface area contributed by atoms with E-state index in [1.165, 1.54) is 11.3 Å². The lowest BCUT2D eigenvalue weighted by molar-refractivity contribution is -0.148. The average molecular weight is 410 g/mol. The normalized spacial score (nSPS) is 11.5. The first-order valence-electron chi connectivity index (χ1n) is 9.14. The fourth-order valence-corrected chi connectivity index (χ4v) is 3.53. The van der Waals surface area contributed by atoms with Gasteiger partial charge in [-0.2, -0.15) is 0 Å². The predicted octanol–water partition coefficient (Wildman–Crippen LogP) is 3.78. The lowest BCUT2D eigenvalue weighted by atomic mass is 10.1. The van der Waals surface area contributed by atoms with E-state index in [2.05, 4.69) is 10.3 Å². The van der Waals surface area contributed by atoms with Crippen molar-refractivity contribution in [3.05, 3.63) is 71.2 Å². The standard InChI is InChI=1S/C22H22N2O4S/c1-15(16-6-4-3-5-7-16)23-20(25)13-28-21(26)12-18-14-29-22(24-18)17-8-10-19(27-2)11-9-17/h3-11,14-15H,12-13H2,1-2H3,(H,23,25)/t15-/m0/s1. The van der Waals surface area contributed by atoms with Crippen LogP contribution >= 0.6 is 11.3 Å². The summed E-state index contributed by atoms with van der Waals surface area (Å²) in [6.07, 6.45) is 0.0220. The first-order valence-corrected chi connectivity index (χ1v) is 10.0. The van der Waals surface area contributed by atoms with Crippen LogP contribution in [0.4, 0.5) is 0 Å². The summed E-state index contributed by atoms with van der Waals surface area (Å²) in [4.78, 5) is 28.5. The first-order chi connectivity index (χ1) is 14.0. The topological polar surface area (TPSA) is 77.5 Å². The summed E-state index contributed by atoms with van der Waals surface area (Å²) in [6, 6.07) is 17.0. The van der Waals surface area contributed by atoms with Crippen LogP contribution in [0.25, 0.3) is 10.6 Å². The van der Waals surface area contributed by atoms with Crippen LogP contribution in [0.15, 0.2) is 60.0 Å². The lowest BCUT2D eigenvalue weighted by Crippen LogP contribution is -2.31. The van der Waals surface area contributed by atoms with Gasteiger partial charge in [-0.05, 0) is 36.8 Å². The second kappa shape index (κ2) is 9.84. The molecule has 0 saturated heterocycles. The Morgan fingerprint density at radius 1 is 1.10 bits per heavy atom. The lowest BCUT2D eigenvalue weighted by Gasteiger charge is -2.14. The van der Waals surface area contributed by atoms with Crippen molar-refractivity contribution in [2.24, 2.45) is 0 Å². The van der Waals surface area contributed by atoms with Gasteiger partial charge in [0.15, 0.2) is 6.61 Å². The highest BCUT2D eigenvalue weighted by Crippen LogP contribution is 2.25. The molecular formula is C22H22N2O4S. The monoisotopic (exact) mass is 410 g/mol. The molecule has 0 aliphatic heterocycles. The van der Waals surface area contributed by atoms with E-state index in [1.807, 2.05) is 66.9 Å². The maximum absolute atomic E-state index is 12.0. The fraction of sp³-hybridized carbons (Fsp3) is 0.227. The van der Waals surface area contributed by atoms with Crippen molar-refractivity contribution in [3.63, 3.8) is 0 Å². The third-order valence-corrected chi connectivity index (χ3v) is 5.20. The Morgan fingerprint density at radius 3 is 2.52 bits per heavy atom. The second-order valence-electron chi connectivity index (χ2n) is 6.41. The molecule has 0 bridgehead atoms. The number of hydrogen-bond donors (Lipinski definition) is 1. The van der Waals surface area contributed by atoms with Gasteiger partial charge in [-0.3, -0.25) is 9.59 Å². The van der Waals surface area contributed by atoms with Gasteiger partial charge in [-0.1, -0.05) is 30.3 Å². The molecule has 1 heterocycles. The molecule has 3 aromatic rings. The van der Waals surface area contributed by atoms with Crippen LogP contribution in [-0.4, -0.2) is 30.6 Å². The zero-order chi connectivity index (χ0) is 20.6. The molecular weight excluding hydrogens is 388 g/mol. The summed E-state index contributed by atoms with van der Waals surface area (Å²) in [5, 5.41) is 5.44. The number of methoxy groups -OCH3 is 1. The molecule has 0 aliphatic rings. The quantitative estimate of drug-likeness (QED) is 0.572. The van der Waals surface area contributed by atoms with Gasteiger partial charge in [0.25, 0.3) is 5.91 Å². The highest BCUT2D eigenvalue weighted by molar-refractivity contribution is 7.13. The van der Waals surface area contributed by atoms with Crippen LogP contribution in [0.3, 0.4) is 0 Å². The van der Waals surface area contributed by atoms with E-state index >= 15 is 0 Å². The van der Waals surface area contributed by atoms with E-state index < -0.39 is 5.97 Å². The number of hydrogen-bond acceptors (Lipinski definition) is 6. The number of nitrogens with one attached hydrogen (secondary N) is 1. The Bertz CT molecular complexity index is 954. The number of carbonyl (C=O) groups is 2. The third-order valence-electron chi connectivity index (χ3n) is 4.26. The number of benzene rings is 2. The number of ether oxygens (including phenoxy) is 2. The summed E-state index contributed by atoms with van der Waals surface area (Å²) in [5.74, 6) is -0.0556. The Labute approximate surface area is 173 Å². The minimum absolute atomic E-state index is 0.0220. The van der Waals surface area contributed by atoms with Crippen molar-refractivity contribution in [3.8, 4) is 16.3 Å². The van der Waals surface area contributed by atoms with Gasteiger partial charge in [0.1, 0.15) is 10.8 Å². The van der Waals surface area contributed by atoms with Gasteiger partial charge in [0.2, 0.25) is 0 Å². The Hall–Kier alpha value is -3.19. The Kier molecular flexibility index (Phi) is 6.97. The Morgan fingerprint density at radius 2 is 1.83 bits per heavy atom. The molecule has 0 saturated carbocycles. The van der Waals surface area contributed by atoms with Crippen molar-refractivity contribution in [1.29, 1.82) is 0 Å². The molecule has 1 atom stereocenters. The largest absolute Gasteiger partial charge is 0.497 e. The molecule has 1 N–H and O–H groups in total. The fourth-order valence-electron chi connectivity index (χ4n) is 2.71. The van der Waals surface area contributed by atoms with Gasteiger partial charge >= 0.3 is 5.97 Å². The zero-order valence-corrected chi connectivity index (χ0v) is 17.1. The summed E-state index contributed by atoms with van der Waals surface area (Å²) in [5.41, 5.74) is 2.55. The first kappa shape index (κ1) is 20.5. The van der Waals surface area contributed by atoms with Gasteiger partial charge in [0.05, 0.1) is 25.3 Å². The molecule has 0 aliphatic carbocycles. The second-order valence-corrected chi connectivity index (χ2v) is 7.27. The highest BCUT2D eigenvalue weighted by Gasteiger charge is 2.14. The maximum atomic E-state index is 12.0. The van der Waals surface area contributed by atoms with E-state index in [9.17, 15) is 9.59 Å². The molecule has 3 rings (SSSR count). The van der Waals surface area contributed by atoms with Gasteiger partial charge in [0, 0.05) is 10.9 Å². The minimum Gasteiger partial charge on any atom is -0.497 e. The Balaban J connectivity index is 1.47. The van der Waals surface area contributed by atoms with E-state index in [4.69, 9.17) is 9.47 Å². The average Bonchev–Trinajstić information content (AvgIpc) is 3.21. The highest BCUT2D eigenvalue weighted by atomic mass is 32.1. The summed E-state index contributed by atoms with van der Waals surface area (Å²) in [7, 11) is 1.62. The van der Waals surface area contributed by atoms with Crippen molar-refractivity contribution in [2.45, 2.75) is 19.4 Å². The molecule has 1 amide bonds. The molecule has 0 radical (unpaired) electrons. The van der Waals surface area contributed by atoms with E-state index in [-0.39, 0.29) is 25.0 Å². The molecule has 1 aromatic heterocycles. The number of nitrogens with zero attached hydrogens (tertiary/aromatic N) is 1. The summed E-state index contributed by atoms with van der Waals surface area (Å²) in [6.45, 7) is 1.57. The molecule has 0 fully saturated rings. The van der Waals surface area contributed by atoms with Crippen molar-refractivity contribution < 1.29 is 19.1 Å². The molecule has 2 aromatic carbocycles. The van der Waals surface area contributed by atoms with Crippen molar-refractivity contribution in [1.82, 2.24) is 10.3 Å². The van der Waals surface area contributed by atoms with E-state index in [0.717, 1.165) is 21.9 Å². The number of thiazole rings is 1. The van der Waals surface area contributed by atoms with Gasteiger partial charge in [-0.25, -0.2) is 4.98 Å². The van der Waals surface area contributed by atoms with Crippen LogP contribution in [0, 0.1) is 0 Å². The van der Waals surface area contributed by atoms with Crippen LogP contribution < -0.4 is 10.1 Å². The van der Waals surface area contributed by atoms with Crippen molar-refractivity contribution in [2.75, 3.05) is 13.7 Å². The number of carbonyl (C=O) groups excluding carboxylic acids is 2. The van der Waals surface area contributed by atoms with Crippen molar-refractivity contribution >= 4 is 23.2 Å². The van der Waals surface area contributed by atoms with Gasteiger partial charge < -0.3 is 14.8 Å². The van der Waals surface area contributed by atoms with Crippen LogP contribution in [0.5, 0.6) is 5.75 Å². The predicted molar refractivity (Wildman–Crippen MR) is 112 cm³/mol.